The van der Waals surface area contributed by atoms with Gasteiger partial charge in [-0.2, -0.15) is 0 Å². The first-order chi connectivity index (χ1) is 6.74. The highest BCUT2D eigenvalue weighted by Crippen LogP contribution is 2.32. The third kappa shape index (κ3) is 1.48. The van der Waals surface area contributed by atoms with Crippen LogP contribution in [-0.4, -0.2) is 19.7 Å². The van der Waals surface area contributed by atoms with Crippen LogP contribution in [0.15, 0.2) is 18.2 Å². The maximum atomic E-state index is 13.6. The smallest absolute Gasteiger partial charge is 0.340 e. The summed E-state index contributed by atoms with van der Waals surface area (Å²) in [6.07, 6.45) is -0.195. The number of halogens is 1. The Kier molecular flexibility index (Phi) is 2.21. The summed E-state index contributed by atoms with van der Waals surface area (Å²) in [6.45, 7) is 0.515. The van der Waals surface area contributed by atoms with Crippen molar-refractivity contribution in [2.24, 2.45) is 0 Å². The van der Waals surface area contributed by atoms with Gasteiger partial charge in [-0.1, -0.05) is 12.1 Å². The molecule has 1 aliphatic rings. The Balaban J connectivity index is 2.40. The van der Waals surface area contributed by atoms with E-state index in [-0.39, 0.29) is 11.7 Å². The number of carbonyl (C=O) groups excluding carboxylic acids is 1. The van der Waals surface area contributed by atoms with E-state index in [1.807, 2.05) is 0 Å². The van der Waals surface area contributed by atoms with Gasteiger partial charge in [0.1, 0.15) is 11.9 Å². The number of epoxide rings is 1. The molecule has 1 aromatic rings. The van der Waals surface area contributed by atoms with Gasteiger partial charge in [0.2, 0.25) is 0 Å². The van der Waals surface area contributed by atoms with Gasteiger partial charge in [0.25, 0.3) is 0 Å². The van der Waals surface area contributed by atoms with Gasteiger partial charge in [-0.3, -0.25) is 0 Å². The molecule has 14 heavy (non-hydrogen) atoms. The highest BCUT2D eigenvalue weighted by molar-refractivity contribution is 5.89. The quantitative estimate of drug-likeness (QED) is 0.533. The first-order valence-corrected chi connectivity index (χ1v) is 4.22. The van der Waals surface area contributed by atoms with Crippen LogP contribution in [0.25, 0.3) is 0 Å². The van der Waals surface area contributed by atoms with Crippen LogP contribution in [0.4, 0.5) is 4.39 Å². The van der Waals surface area contributed by atoms with Crippen LogP contribution in [-0.2, 0) is 9.47 Å². The summed E-state index contributed by atoms with van der Waals surface area (Å²) in [4.78, 5) is 11.1. The fourth-order valence-corrected chi connectivity index (χ4v) is 1.29. The van der Waals surface area contributed by atoms with Gasteiger partial charge >= 0.3 is 5.97 Å². The molecule has 1 atom stereocenters. The molecule has 74 valence electrons. The summed E-state index contributed by atoms with van der Waals surface area (Å²) in [5, 5.41) is 0. The molecule has 0 saturated carbocycles. The topological polar surface area (TPSA) is 38.8 Å². The van der Waals surface area contributed by atoms with E-state index >= 15 is 0 Å². The second-order valence-electron chi connectivity index (χ2n) is 3.02. The first-order valence-electron chi connectivity index (χ1n) is 4.22. The average molecular weight is 196 g/mol. The third-order valence-electron chi connectivity index (χ3n) is 2.11. The molecule has 4 heteroatoms. The molecule has 0 N–H and O–H groups in total. The second kappa shape index (κ2) is 3.38. The molecule has 1 aromatic carbocycles. The summed E-state index contributed by atoms with van der Waals surface area (Å²) >= 11 is 0. The zero-order chi connectivity index (χ0) is 10.1. The van der Waals surface area contributed by atoms with Crippen LogP contribution >= 0.6 is 0 Å². The maximum Gasteiger partial charge on any atom is 0.340 e. The molecule has 0 aromatic heterocycles. The van der Waals surface area contributed by atoms with Crippen LogP contribution in [0.5, 0.6) is 0 Å². The molecule has 0 bridgehead atoms. The molecule has 0 aliphatic carbocycles. The van der Waals surface area contributed by atoms with E-state index < -0.39 is 11.8 Å². The van der Waals surface area contributed by atoms with E-state index in [4.69, 9.17) is 4.74 Å². The Bertz CT molecular complexity index is 372. The summed E-state index contributed by atoms with van der Waals surface area (Å²) in [6, 6.07) is 4.62. The van der Waals surface area contributed by atoms with Crippen LogP contribution in [0.3, 0.4) is 0 Å². The molecule has 2 rings (SSSR count). The summed E-state index contributed by atoms with van der Waals surface area (Å²) in [5.41, 5.74) is 0.383. The Morgan fingerprint density at radius 2 is 2.36 bits per heavy atom. The maximum absolute atomic E-state index is 13.6. The Hall–Kier alpha value is -1.42. The van der Waals surface area contributed by atoms with Gasteiger partial charge in [0, 0.05) is 5.56 Å². The van der Waals surface area contributed by atoms with E-state index in [0.29, 0.717) is 12.2 Å². The summed E-state index contributed by atoms with van der Waals surface area (Å²) < 4.78 is 23.0. The highest BCUT2D eigenvalue weighted by Gasteiger charge is 2.29. The number of esters is 1. The number of ether oxygens (including phenoxy) is 2. The molecule has 0 amide bonds. The number of carbonyl (C=O) groups is 1. The number of methoxy groups -OCH3 is 1. The molecule has 0 radical (unpaired) electrons. The molecule has 0 spiro atoms. The van der Waals surface area contributed by atoms with Crippen molar-refractivity contribution in [1.29, 1.82) is 0 Å². The lowest BCUT2D eigenvalue weighted by molar-refractivity contribution is 0.0595. The van der Waals surface area contributed by atoms with Crippen molar-refractivity contribution in [2.45, 2.75) is 6.10 Å². The molecule has 1 saturated heterocycles. The number of hydrogen-bond acceptors (Lipinski definition) is 3. The number of hydrogen-bond donors (Lipinski definition) is 0. The Labute approximate surface area is 80.4 Å². The van der Waals surface area contributed by atoms with E-state index in [1.165, 1.54) is 13.2 Å². The van der Waals surface area contributed by atoms with Crippen molar-refractivity contribution in [1.82, 2.24) is 0 Å². The van der Waals surface area contributed by atoms with E-state index in [0.717, 1.165) is 0 Å². The predicted molar refractivity (Wildman–Crippen MR) is 46.4 cm³/mol. The highest BCUT2D eigenvalue weighted by atomic mass is 19.1. The van der Waals surface area contributed by atoms with Crippen LogP contribution in [0.1, 0.15) is 22.0 Å². The summed E-state index contributed by atoms with van der Waals surface area (Å²) in [5.74, 6) is -1.20. The monoisotopic (exact) mass is 196 g/mol. The van der Waals surface area contributed by atoms with E-state index in [9.17, 15) is 9.18 Å². The Morgan fingerprint density at radius 1 is 1.64 bits per heavy atom. The van der Waals surface area contributed by atoms with Crippen molar-refractivity contribution >= 4 is 5.97 Å². The summed E-state index contributed by atoms with van der Waals surface area (Å²) in [7, 11) is 1.22. The van der Waals surface area contributed by atoms with Gasteiger partial charge in [0.15, 0.2) is 0 Å². The normalized spacial score (nSPS) is 19.1. The first kappa shape index (κ1) is 9.15. The number of benzene rings is 1. The van der Waals surface area contributed by atoms with Gasteiger partial charge in [0.05, 0.1) is 19.3 Å². The fraction of sp³-hybridized carbons (Fsp3) is 0.300. The van der Waals surface area contributed by atoms with Gasteiger partial charge in [-0.25, -0.2) is 9.18 Å². The van der Waals surface area contributed by atoms with Crippen molar-refractivity contribution in [3.63, 3.8) is 0 Å². The zero-order valence-electron chi connectivity index (χ0n) is 7.62. The molecule has 1 aliphatic heterocycles. The van der Waals surface area contributed by atoms with Gasteiger partial charge in [-0.15, -0.1) is 0 Å². The molecule has 3 nitrogen and oxygen atoms in total. The van der Waals surface area contributed by atoms with Crippen LogP contribution in [0, 0.1) is 5.82 Å². The van der Waals surface area contributed by atoms with Crippen molar-refractivity contribution in [3.05, 3.63) is 35.1 Å². The van der Waals surface area contributed by atoms with Crippen molar-refractivity contribution in [3.8, 4) is 0 Å². The minimum Gasteiger partial charge on any atom is -0.465 e. The minimum atomic E-state index is -0.662. The SMILES string of the molecule is COC(=O)c1cccc(C2CO2)c1F. The predicted octanol–water partition coefficient (Wildman–Crippen LogP) is 1.68. The lowest BCUT2D eigenvalue weighted by Gasteiger charge is -2.03. The zero-order valence-corrected chi connectivity index (χ0v) is 7.62. The largest absolute Gasteiger partial charge is 0.465 e. The Morgan fingerprint density at radius 3 is 2.93 bits per heavy atom. The molecular weight excluding hydrogens is 187 g/mol. The lowest BCUT2D eigenvalue weighted by atomic mass is 10.1. The third-order valence-corrected chi connectivity index (χ3v) is 2.11. The van der Waals surface area contributed by atoms with Crippen LogP contribution < -0.4 is 0 Å². The number of rotatable bonds is 2. The van der Waals surface area contributed by atoms with E-state index in [2.05, 4.69) is 4.74 Å². The second-order valence-corrected chi connectivity index (χ2v) is 3.02. The molecule has 1 unspecified atom stereocenters. The molecule has 1 heterocycles. The van der Waals surface area contributed by atoms with Crippen LogP contribution in [0.2, 0.25) is 0 Å². The van der Waals surface area contributed by atoms with Gasteiger partial charge < -0.3 is 9.47 Å². The minimum absolute atomic E-state index is 0.0412. The average Bonchev–Trinajstić information content (AvgIpc) is 3.01. The van der Waals surface area contributed by atoms with E-state index in [1.54, 1.807) is 12.1 Å². The standard InChI is InChI=1S/C10H9FO3/c1-13-10(12)7-4-2-3-6(9(7)11)8-5-14-8/h2-4,8H,5H2,1H3. The van der Waals surface area contributed by atoms with Gasteiger partial charge in [-0.05, 0) is 6.07 Å². The van der Waals surface area contributed by atoms with Crippen molar-refractivity contribution < 1.29 is 18.7 Å². The molecule has 1 fully saturated rings. The molecular formula is C10H9FO3. The fourth-order valence-electron chi connectivity index (χ4n) is 1.29. The lowest BCUT2D eigenvalue weighted by Crippen LogP contribution is -2.06. The van der Waals surface area contributed by atoms with Crippen molar-refractivity contribution in [2.75, 3.05) is 13.7 Å².